The lowest BCUT2D eigenvalue weighted by Gasteiger charge is -2.14. The first-order valence-corrected chi connectivity index (χ1v) is 5.59. The number of hydrogen-bond donors (Lipinski definition) is 0. The van der Waals surface area contributed by atoms with Crippen LogP contribution < -0.4 is 0 Å². The smallest absolute Gasteiger partial charge is 0.144 e. The van der Waals surface area contributed by atoms with Gasteiger partial charge in [0.05, 0.1) is 23.7 Å². The highest BCUT2D eigenvalue weighted by molar-refractivity contribution is 7.85. The molecule has 2 atom stereocenters. The molecule has 1 heterocycles. The highest BCUT2D eigenvalue weighted by Crippen LogP contribution is 2.16. The fourth-order valence-electron chi connectivity index (χ4n) is 0.938. The highest BCUT2D eigenvalue weighted by atomic mass is 32.2. The molecular weight excluding hydrogens is 186 g/mol. The summed E-state index contributed by atoms with van der Waals surface area (Å²) in [4.78, 5) is 0. The molecule has 0 unspecified atom stereocenters. The Balaban J connectivity index is 2.71. The second kappa shape index (κ2) is 3.88. The maximum Gasteiger partial charge on any atom is 0.144 e. The Morgan fingerprint density at radius 3 is 2.54 bits per heavy atom. The minimum atomic E-state index is -1.14. The van der Waals surface area contributed by atoms with Crippen molar-refractivity contribution < 1.29 is 8.95 Å². The average molecular weight is 203 g/mol. The van der Waals surface area contributed by atoms with Crippen LogP contribution in [-0.2, 0) is 15.7 Å². The molecule has 1 rings (SSSR count). The Labute approximate surface area is 82.2 Å². The van der Waals surface area contributed by atoms with Gasteiger partial charge in [0, 0.05) is 5.92 Å². The molecule has 1 aliphatic rings. The van der Waals surface area contributed by atoms with Gasteiger partial charge in [-0.25, -0.2) is 4.21 Å². The molecule has 0 aromatic heterocycles. The quantitative estimate of drug-likeness (QED) is 0.648. The van der Waals surface area contributed by atoms with E-state index in [1.165, 1.54) is 0 Å². The monoisotopic (exact) mass is 203 g/mol. The van der Waals surface area contributed by atoms with Crippen LogP contribution in [0.5, 0.6) is 0 Å². The van der Waals surface area contributed by atoms with Gasteiger partial charge in [0.1, 0.15) is 11.0 Å². The van der Waals surface area contributed by atoms with Crippen LogP contribution in [0, 0.1) is 5.92 Å². The van der Waals surface area contributed by atoms with Crippen LogP contribution in [0.15, 0.2) is 4.40 Å². The van der Waals surface area contributed by atoms with Crippen LogP contribution in [-0.4, -0.2) is 27.9 Å². The molecule has 3 nitrogen and oxygen atoms in total. The summed E-state index contributed by atoms with van der Waals surface area (Å²) in [7, 11) is -1.14. The van der Waals surface area contributed by atoms with Gasteiger partial charge in [0.15, 0.2) is 0 Å². The van der Waals surface area contributed by atoms with Gasteiger partial charge < -0.3 is 4.74 Å². The Morgan fingerprint density at radius 1 is 1.54 bits per heavy atom. The molecule has 1 saturated heterocycles. The highest BCUT2D eigenvalue weighted by Gasteiger charge is 2.24. The van der Waals surface area contributed by atoms with Crippen LogP contribution >= 0.6 is 0 Å². The molecule has 1 fully saturated rings. The largest absolute Gasteiger partial charge is 0.375 e. The van der Waals surface area contributed by atoms with Gasteiger partial charge >= 0.3 is 0 Å². The predicted octanol–water partition coefficient (Wildman–Crippen LogP) is 1.56. The summed E-state index contributed by atoms with van der Waals surface area (Å²) >= 11 is 0. The normalized spacial score (nSPS) is 29.5. The second-order valence-electron chi connectivity index (χ2n) is 4.36. The topological polar surface area (TPSA) is 38.7 Å². The molecule has 0 amide bonds. The molecule has 0 aromatic rings. The first kappa shape index (κ1) is 10.9. The molecule has 76 valence electrons. The van der Waals surface area contributed by atoms with E-state index < -0.39 is 11.0 Å². The van der Waals surface area contributed by atoms with Crippen molar-refractivity contribution in [3.63, 3.8) is 0 Å². The maximum absolute atomic E-state index is 11.6. The Kier molecular flexibility index (Phi) is 3.24. The molecule has 0 aromatic carbocycles. The van der Waals surface area contributed by atoms with Crippen molar-refractivity contribution in [1.82, 2.24) is 0 Å². The molecule has 0 spiro atoms. The van der Waals surface area contributed by atoms with Gasteiger partial charge in [-0.3, -0.25) is 0 Å². The molecule has 0 aliphatic carbocycles. The van der Waals surface area contributed by atoms with Crippen molar-refractivity contribution in [1.29, 1.82) is 0 Å². The van der Waals surface area contributed by atoms with E-state index in [1.807, 2.05) is 27.7 Å². The molecule has 0 saturated carbocycles. The van der Waals surface area contributed by atoms with Crippen molar-refractivity contribution in [3.05, 3.63) is 0 Å². The van der Waals surface area contributed by atoms with Crippen molar-refractivity contribution in [2.45, 2.75) is 32.4 Å². The van der Waals surface area contributed by atoms with Gasteiger partial charge in [-0.2, -0.15) is 4.40 Å². The number of rotatable bonds is 1. The summed E-state index contributed by atoms with van der Waals surface area (Å²) in [5, 5.41) is 0. The van der Waals surface area contributed by atoms with Crippen molar-refractivity contribution in [2.24, 2.45) is 10.3 Å². The van der Waals surface area contributed by atoms with Crippen LogP contribution in [0.3, 0.4) is 0 Å². The lowest BCUT2D eigenvalue weighted by molar-refractivity contribution is 0.193. The third-order valence-corrected chi connectivity index (χ3v) is 3.36. The number of nitrogens with zero attached hydrogens (tertiary/aromatic N) is 1. The minimum absolute atomic E-state index is 0.269. The van der Waals surface area contributed by atoms with E-state index in [2.05, 4.69) is 4.40 Å². The summed E-state index contributed by atoms with van der Waals surface area (Å²) in [6.07, 6.45) is 0. The van der Waals surface area contributed by atoms with Gasteiger partial charge in [-0.1, -0.05) is 6.92 Å². The fourth-order valence-corrected chi connectivity index (χ4v) is 1.66. The van der Waals surface area contributed by atoms with E-state index in [1.54, 1.807) is 0 Å². The van der Waals surface area contributed by atoms with Crippen molar-refractivity contribution >= 4 is 16.7 Å². The van der Waals surface area contributed by atoms with Crippen LogP contribution in [0.25, 0.3) is 0 Å². The fraction of sp³-hybridized carbons (Fsp3) is 0.889. The molecule has 1 aliphatic heterocycles. The summed E-state index contributed by atoms with van der Waals surface area (Å²) in [5.74, 6) is 0.325. The first-order chi connectivity index (χ1) is 5.91. The summed E-state index contributed by atoms with van der Waals surface area (Å²) in [5.41, 5.74) is 0.938. The standard InChI is InChI=1S/C9H17NO2S/c1-7-5-12-6-8(7)10-13(11)9(2,3)4/h7H,5-6H2,1-4H3/t7-,13+/m0/s1. The SMILES string of the molecule is C[C@H]1COCC1=N[S@](=O)C(C)(C)C. The first-order valence-electron chi connectivity index (χ1n) is 4.48. The third-order valence-electron chi connectivity index (χ3n) is 1.91. The number of ether oxygens (including phenoxy) is 1. The van der Waals surface area contributed by atoms with E-state index in [9.17, 15) is 4.21 Å². The molecule has 4 heteroatoms. The second-order valence-corrected chi connectivity index (χ2v) is 6.27. The molecule has 0 N–H and O–H groups in total. The lowest BCUT2D eigenvalue weighted by atomic mass is 10.1. The summed E-state index contributed by atoms with van der Waals surface area (Å²) in [6, 6.07) is 0. The Hall–Kier alpha value is -0.220. The van der Waals surface area contributed by atoms with Crippen LogP contribution in [0.2, 0.25) is 0 Å². The zero-order chi connectivity index (χ0) is 10.1. The van der Waals surface area contributed by atoms with E-state index >= 15 is 0 Å². The van der Waals surface area contributed by atoms with E-state index in [-0.39, 0.29) is 4.75 Å². The Bertz CT molecular complexity index is 242. The lowest BCUT2D eigenvalue weighted by Crippen LogP contribution is -2.22. The molecule has 13 heavy (non-hydrogen) atoms. The molecule has 0 radical (unpaired) electrons. The van der Waals surface area contributed by atoms with Gasteiger partial charge in [-0.15, -0.1) is 0 Å². The maximum atomic E-state index is 11.6. The molecular formula is C9H17NO2S. The van der Waals surface area contributed by atoms with E-state index in [0.29, 0.717) is 19.1 Å². The predicted molar refractivity (Wildman–Crippen MR) is 55.3 cm³/mol. The van der Waals surface area contributed by atoms with Crippen LogP contribution in [0.1, 0.15) is 27.7 Å². The minimum Gasteiger partial charge on any atom is -0.375 e. The zero-order valence-electron chi connectivity index (χ0n) is 8.66. The third kappa shape index (κ3) is 2.88. The van der Waals surface area contributed by atoms with E-state index in [0.717, 1.165) is 5.71 Å². The van der Waals surface area contributed by atoms with Crippen molar-refractivity contribution in [2.75, 3.05) is 13.2 Å². The van der Waals surface area contributed by atoms with Gasteiger partial charge in [0.2, 0.25) is 0 Å². The van der Waals surface area contributed by atoms with Gasteiger partial charge in [0.25, 0.3) is 0 Å². The average Bonchev–Trinajstić information content (AvgIpc) is 2.34. The van der Waals surface area contributed by atoms with Gasteiger partial charge in [-0.05, 0) is 20.8 Å². The summed E-state index contributed by atoms with van der Waals surface area (Å²) in [6.45, 7) is 9.07. The van der Waals surface area contributed by atoms with Crippen molar-refractivity contribution in [3.8, 4) is 0 Å². The number of hydrogen-bond acceptors (Lipinski definition) is 2. The Morgan fingerprint density at radius 2 is 2.15 bits per heavy atom. The zero-order valence-corrected chi connectivity index (χ0v) is 9.48. The summed E-state index contributed by atoms with van der Waals surface area (Å²) < 4.78 is 20.8. The van der Waals surface area contributed by atoms with Crippen LogP contribution in [0.4, 0.5) is 0 Å². The molecule has 0 bridgehead atoms. The van der Waals surface area contributed by atoms with E-state index in [4.69, 9.17) is 4.74 Å².